The average molecular weight is 266 g/mol. The van der Waals surface area contributed by atoms with Crippen molar-refractivity contribution < 1.29 is 4.92 Å². The van der Waals surface area contributed by atoms with Gasteiger partial charge in [0.15, 0.2) is 0 Å². The van der Waals surface area contributed by atoms with Crippen LogP contribution in [0.1, 0.15) is 19.2 Å². The van der Waals surface area contributed by atoms with Gasteiger partial charge in [0.05, 0.1) is 9.95 Å². The topological polar surface area (TPSA) is 61.0 Å². The van der Waals surface area contributed by atoms with Crippen molar-refractivity contribution in [1.82, 2.24) is 9.55 Å². The number of nitrogens with zero attached hydrogens (tertiary/aromatic N) is 3. The van der Waals surface area contributed by atoms with Crippen LogP contribution in [0.5, 0.6) is 0 Å². The van der Waals surface area contributed by atoms with E-state index in [-0.39, 0.29) is 5.69 Å². The molecule has 0 aliphatic heterocycles. The lowest BCUT2D eigenvalue weighted by molar-refractivity contribution is -0.384. The molecule has 18 heavy (non-hydrogen) atoms. The monoisotopic (exact) mass is 265 g/mol. The zero-order valence-electron chi connectivity index (χ0n) is 9.84. The quantitative estimate of drug-likeness (QED) is 0.629. The first-order chi connectivity index (χ1) is 8.65. The number of halogens is 1. The third-order valence-corrected chi connectivity index (χ3v) is 2.90. The molecule has 0 aliphatic carbocycles. The van der Waals surface area contributed by atoms with Crippen LogP contribution in [0.25, 0.3) is 5.69 Å². The Balaban J connectivity index is 2.62. The summed E-state index contributed by atoms with van der Waals surface area (Å²) in [5.41, 5.74) is 0.364. The highest BCUT2D eigenvalue weighted by atomic mass is 35.5. The van der Waals surface area contributed by atoms with Gasteiger partial charge < -0.3 is 0 Å². The lowest BCUT2D eigenvalue weighted by Crippen LogP contribution is -2.04. The molecule has 0 atom stereocenters. The summed E-state index contributed by atoms with van der Waals surface area (Å²) < 4.78 is 1.68. The zero-order chi connectivity index (χ0) is 13.1. The molecule has 0 amide bonds. The molecule has 0 unspecified atom stereocenters. The van der Waals surface area contributed by atoms with Gasteiger partial charge in [0.2, 0.25) is 0 Å². The molecule has 0 saturated carbocycles. The molecule has 6 heteroatoms. The number of rotatable bonds is 4. The SMILES string of the molecule is CCCc1nccn1-c1c(Cl)cccc1[N+](=O)[O-]. The van der Waals surface area contributed by atoms with Gasteiger partial charge in [0.25, 0.3) is 5.69 Å². The Morgan fingerprint density at radius 2 is 2.28 bits per heavy atom. The Hall–Kier alpha value is -1.88. The van der Waals surface area contributed by atoms with E-state index in [1.807, 2.05) is 6.92 Å². The minimum absolute atomic E-state index is 0.0159. The van der Waals surface area contributed by atoms with E-state index in [4.69, 9.17) is 11.6 Å². The smallest absolute Gasteiger partial charge is 0.294 e. The summed E-state index contributed by atoms with van der Waals surface area (Å²) in [7, 11) is 0. The van der Waals surface area contributed by atoms with Crippen molar-refractivity contribution in [3.05, 3.63) is 51.6 Å². The fourth-order valence-electron chi connectivity index (χ4n) is 1.84. The summed E-state index contributed by atoms with van der Waals surface area (Å²) in [6, 6.07) is 4.65. The van der Waals surface area contributed by atoms with Crippen LogP contribution < -0.4 is 0 Å². The van der Waals surface area contributed by atoms with Gasteiger partial charge in [-0.3, -0.25) is 14.7 Å². The highest BCUT2D eigenvalue weighted by Crippen LogP contribution is 2.31. The maximum atomic E-state index is 11.1. The number of hydrogen-bond donors (Lipinski definition) is 0. The lowest BCUT2D eigenvalue weighted by atomic mass is 10.2. The second kappa shape index (κ2) is 5.18. The first kappa shape index (κ1) is 12.6. The van der Waals surface area contributed by atoms with Crippen LogP contribution in [0, 0.1) is 10.1 Å². The molecule has 0 spiro atoms. The molecule has 1 aromatic heterocycles. The van der Waals surface area contributed by atoms with Gasteiger partial charge in [-0.15, -0.1) is 0 Å². The van der Waals surface area contributed by atoms with Crippen LogP contribution in [0.3, 0.4) is 0 Å². The van der Waals surface area contributed by atoms with Crippen LogP contribution in [0.2, 0.25) is 5.02 Å². The van der Waals surface area contributed by atoms with Crippen LogP contribution in [-0.2, 0) is 6.42 Å². The predicted octanol–water partition coefficient (Wildman–Crippen LogP) is 3.39. The van der Waals surface area contributed by atoms with Crippen molar-refractivity contribution in [2.24, 2.45) is 0 Å². The van der Waals surface area contributed by atoms with Crippen molar-refractivity contribution in [2.75, 3.05) is 0 Å². The van der Waals surface area contributed by atoms with Crippen molar-refractivity contribution in [3.8, 4) is 5.69 Å². The van der Waals surface area contributed by atoms with Crippen LogP contribution >= 0.6 is 11.6 Å². The van der Waals surface area contributed by atoms with E-state index < -0.39 is 4.92 Å². The van der Waals surface area contributed by atoms with E-state index in [9.17, 15) is 10.1 Å². The largest absolute Gasteiger partial charge is 0.296 e. The second-order valence-corrected chi connectivity index (χ2v) is 4.24. The summed E-state index contributed by atoms with van der Waals surface area (Å²) in [6.45, 7) is 2.03. The number of nitro groups is 1. The molecule has 1 aromatic carbocycles. The molecule has 0 bridgehead atoms. The number of para-hydroxylation sites is 1. The number of imidazole rings is 1. The van der Waals surface area contributed by atoms with Crippen LogP contribution in [-0.4, -0.2) is 14.5 Å². The van der Waals surface area contributed by atoms with E-state index in [1.165, 1.54) is 6.07 Å². The highest BCUT2D eigenvalue weighted by molar-refractivity contribution is 6.32. The van der Waals surface area contributed by atoms with Crippen LogP contribution in [0.4, 0.5) is 5.69 Å². The third-order valence-electron chi connectivity index (χ3n) is 2.59. The lowest BCUT2D eigenvalue weighted by Gasteiger charge is -2.09. The summed E-state index contributed by atoms with van der Waals surface area (Å²) in [4.78, 5) is 14.8. The molecule has 0 fully saturated rings. The fourth-order valence-corrected chi connectivity index (χ4v) is 2.10. The van der Waals surface area contributed by atoms with E-state index in [1.54, 1.807) is 29.1 Å². The molecule has 94 valence electrons. The van der Waals surface area contributed by atoms with Gasteiger partial charge in [-0.1, -0.05) is 24.6 Å². The summed E-state index contributed by atoms with van der Waals surface area (Å²) >= 11 is 6.08. The molecule has 5 nitrogen and oxygen atoms in total. The number of nitro benzene ring substituents is 1. The second-order valence-electron chi connectivity index (χ2n) is 3.83. The van der Waals surface area contributed by atoms with Gasteiger partial charge in [-0.2, -0.15) is 0 Å². The van der Waals surface area contributed by atoms with Crippen molar-refractivity contribution in [2.45, 2.75) is 19.8 Å². The summed E-state index contributed by atoms with van der Waals surface area (Å²) in [5.74, 6) is 0.772. The van der Waals surface area contributed by atoms with Gasteiger partial charge in [0, 0.05) is 24.9 Å². The van der Waals surface area contributed by atoms with Crippen molar-refractivity contribution >= 4 is 17.3 Å². The van der Waals surface area contributed by atoms with Gasteiger partial charge in [0.1, 0.15) is 11.5 Å². The minimum Gasteiger partial charge on any atom is -0.296 e. The van der Waals surface area contributed by atoms with Crippen LogP contribution in [0.15, 0.2) is 30.6 Å². The van der Waals surface area contributed by atoms with E-state index in [0.717, 1.165) is 18.7 Å². The molecule has 2 rings (SSSR count). The molecule has 1 heterocycles. The van der Waals surface area contributed by atoms with E-state index in [2.05, 4.69) is 4.98 Å². The molecular formula is C12H12ClN3O2. The molecule has 0 aliphatic rings. The number of aryl methyl sites for hydroxylation is 1. The Bertz CT molecular complexity index is 580. The van der Waals surface area contributed by atoms with Gasteiger partial charge in [-0.25, -0.2) is 4.98 Å². The first-order valence-corrected chi connectivity index (χ1v) is 5.98. The number of benzene rings is 1. The molecule has 0 radical (unpaired) electrons. The zero-order valence-corrected chi connectivity index (χ0v) is 10.6. The highest BCUT2D eigenvalue weighted by Gasteiger charge is 2.20. The third kappa shape index (κ3) is 2.22. The number of aromatic nitrogens is 2. The average Bonchev–Trinajstić information content (AvgIpc) is 2.77. The van der Waals surface area contributed by atoms with Gasteiger partial charge in [-0.05, 0) is 12.5 Å². The van der Waals surface area contributed by atoms with Crippen molar-refractivity contribution in [1.29, 1.82) is 0 Å². The minimum atomic E-state index is -0.434. The Morgan fingerprint density at radius 1 is 1.50 bits per heavy atom. The van der Waals surface area contributed by atoms with Crippen molar-refractivity contribution in [3.63, 3.8) is 0 Å². The summed E-state index contributed by atoms with van der Waals surface area (Å²) in [5, 5.41) is 11.4. The molecule has 0 saturated heterocycles. The maximum Gasteiger partial charge on any atom is 0.294 e. The van der Waals surface area contributed by atoms with Gasteiger partial charge >= 0.3 is 0 Å². The first-order valence-electron chi connectivity index (χ1n) is 5.60. The number of hydrogen-bond acceptors (Lipinski definition) is 3. The maximum absolute atomic E-state index is 11.1. The molecule has 2 aromatic rings. The predicted molar refractivity (Wildman–Crippen MR) is 69.2 cm³/mol. The van der Waals surface area contributed by atoms with E-state index in [0.29, 0.717) is 10.7 Å². The fraction of sp³-hybridized carbons (Fsp3) is 0.250. The molecular weight excluding hydrogens is 254 g/mol. The Kier molecular flexibility index (Phi) is 3.62. The van der Waals surface area contributed by atoms with E-state index >= 15 is 0 Å². The Morgan fingerprint density at radius 3 is 2.94 bits per heavy atom. The summed E-state index contributed by atoms with van der Waals surface area (Å²) in [6.07, 6.45) is 4.97. The Labute approximate surface area is 109 Å². The molecule has 0 N–H and O–H groups in total. The standard InChI is InChI=1S/C12H12ClN3O2/c1-2-4-11-14-7-8-15(11)12-9(13)5-3-6-10(12)16(17)18/h3,5-8H,2,4H2,1H3. The normalized spacial score (nSPS) is 10.6.